The molecule has 7 heteroatoms. The first-order valence-electron chi connectivity index (χ1n) is 6.49. The highest BCUT2D eigenvalue weighted by Gasteiger charge is 2.23. The van der Waals surface area contributed by atoms with E-state index in [2.05, 4.69) is 0 Å². The lowest BCUT2D eigenvalue weighted by atomic mass is 10.1. The first-order chi connectivity index (χ1) is 10.8. The fourth-order valence-electron chi connectivity index (χ4n) is 2.05. The summed E-state index contributed by atoms with van der Waals surface area (Å²) in [6.45, 7) is 1.47. The maximum Gasteiger partial charge on any atom is 0.339 e. The van der Waals surface area contributed by atoms with Crippen LogP contribution in [-0.4, -0.2) is 17.0 Å². The fraction of sp³-hybridized carbons (Fsp3) is 0.125. The zero-order valence-corrected chi connectivity index (χ0v) is 13.4. The first-order valence-corrected chi connectivity index (χ1v) is 7.25. The average Bonchev–Trinajstić information content (AvgIpc) is 2.51. The molecule has 1 atom stereocenters. The predicted octanol–water partition coefficient (Wildman–Crippen LogP) is 4.75. The number of aromatic carboxylic acids is 1. The molecule has 0 aromatic heterocycles. The van der Waals surface area contributed by atoms with Crippen LogP contribution in [0.15, 0.2) is 36.4 Å². The minimum Gasteiger partial charge on any atom is -0.478 e. The number of hydrogen-bond donors (Lipinski definition) is 1. The normalized spacial score (nSPS) is 11.8. The molecule has 1 N–H and O–H groups in total. The maximum atomic E-state index is 13.5. The minimum atomic E-state index is -1.26. The molecule has 0 unspecified atom stereocenters. The Hall–Kier alpha value is -2.11. The van der Waals surface area contributed by atoms with Gasteiger partial charge in [0.15, 0.2) is 0 Å². The number of benzene rings is 2. The van der Waals surface area contributed by atoms with Gasteiger partial charge in [-0.25, -0.2) is 14.0 Å². The van der Waals surface area contributed by atoms with E-state index < -0.39 is 23.9 Å². The van der Waals surface area contributed by atoms with E-state index in [0.29, 0.717) is 0 Å². The van der Waals surface area contributed by atoms with Crippen molar-refractivity contribution in [3.8, 4) is 0 Å². The number of carbonyl (C=O) groups excluding carboxylic acids is 1. The molecule has 0 aliphatic rings. The Balaban J connectivity index is 2.32. The number of carboxylic acids is 1. The van der Waals surface area contributed by atoms with Crippen LogP contribution in [0.3, 0.4) is 0 Å². The van der Waals surface area contributed by atoms with Gasteiger partial charge in [0.1, 0.15) is 11.9 Å². The Bertz CT molecular complexity index is 777. The molecule has 4 nitrogen and oxygen atoms in total. The standard InChI is InChI=1S/C16H11Cl2FO4/c1-8(13-11(17)6-7-12(19)14(13)18)23-16(22)10-5-3-2-4-9(10)15(20)21/h2-8H,1H3,(H,20,21)/t8-/m0/s1. The fourth-order valence-corrected chi connectivity index (χ4v) is 2.72. The van der Waals surface area contributed by atoms with E-state index in [-0.39, 0.29) is 26.7 Å². The summed E-state index contributed by atoms with van der Waals surface area (Å²) in [6.07, 6.45) is -0.958. The highest BCUT2D eigenvalue weighted by molar-refractivity contribution is 6.36. The molecule has 120 valence electrons. The minimum absolute atomic E-state index is 0.115. The van der Waals surface area contributed by atoms with Gasteiger partial charge in [-0.3, -0.25) is 0 Å². The van der Waals surface area contributed by atoms with Crippen molar-refractivity contribution in [2.24, 2.45) is 0 Å². The van der Waals surface area contributed by atoms with E-state index in [1.54, 1.807) is 0 Å². The summed E-state index contributed by atoms with van der Waals surface area (Å²) in [5, 5.41) is 8.99. The van der Waals surface area contributed by atoms with Gasteiger partial charge in [-0.15, -0.1) is 0 Å². The molecule has 0 radical (unpaired) electrons. The number of ether oxygens (including phenoxy) is 1. The molecular formula is C16H11Cl2FO4. The molecule has 0 amide bonds. The van der Waals surface area contributed by atoms with Crippen LogP contribution in [0.4, 0.5) is 4.39 Å². The third-order valence-corrected chi connectivity index (χ3v) is 3.86. The summed E-state index contributed by atoms with van der Waals surface area (Å²) in [5.41, 5.74) is -0.189. The Morgan fingerprint density at radius 1 is 1.13 bits per heavy atom. The highest BCUT2D eigenvalue weighted by atomic mass is 35.5. The number of carboxylic acid groups (broad SMARTS) is 1. The lowest BCUT2D eigenvalue weighted by Gasteiger charge is -2.17. The lowest BCUT2D eigenvalue weighted by molar-refractivity contribution is 0.0331. The van der Waals surface area contributed by atoms with Gasteiger partial charge in [0, 0.05) is 10.6 Å². The number of carbonyl (C=O) groups is 2. The average molecular weight is 357 g/mol. The van der Waals surface area contributed by atoms with Crippen molar-refractivity contribution >= 4 is 35.1 Å². The zero-order valence-electron chi connectivity index (χ0n) is 11.8. The van der Waals surface area contributed by atoms with Crippen LogP contribution < -0.4 is 0 Å². The van der Waals surface area contributed by atoms with Crippen LogP contribution >= 0.6 is 23.2 Å². The van der Waals surface area contributed by atoms with Crippen LogP contribution in [0, 0.1) is 5.82 Å². The van der Waals surface area contributed by atoms with Gasteiger partial charge in [-0.1, -0.05) is 35.3 Å². The molecule has 0 aliphatic carbocycles. The van der Waals surface area contributed by atoms with E-state index in [0.717, 1.165) is 6.07 Å². The second-order valence-electron chi connectivity index (χ2n) is 4.66. The SMILES string of the molecule is C[C@H](OC(=O)c1ccccc1C(=O)O)c1c(Cl)ccc(F)c1Cl. The van der Waals surface area contributed by atoms with Gasteiger partial charge in [0.2, 0.25) is 0 Å². The molecule has 2 rings (SSSR count). The molecule has 0 saturated heterocycles. The monoisotopic (exact) mass is 356 g/mol. The van der Waals surface area contributed by atoms with Crippen molar-refractivity contribution in [3.05, 3.63) is 69.0 Å². The first kappa shape index (κ1) is 17.2. The van der Waals surface area contributed by atoms with Gasteiger partial charge in [0.25, 0.3) is 0 Å². The van der Waals surface area contributed by atoms with E-state index in [1.165, 1.54) is 37.3 Å². The van der Waals surface area contributed by atoms with Gasteiger partial charge < -0.3 is 9.84 Å². The third kappa shape index (κ3) is 3.63. The maximum absolute atomic E-state index is 13.5. The summed E-state index contributed by atoms with van der Waals surface area (Å²) in [6, 6.07) is 8.01. The molecule has 0 spiro atoms. The number of rotatable bonds is 4. The van der Waals surface area contributed by atoms with Crippen LogP contribution in [0.1, 0.15) is 39.3 Å². The topological polar surface area (TPSA) is 63.6 Å². The Morgan fingerprint density at radius 3 is 2.35 bits per heavy atom. The van der Waals surface area contributed by atoms with E-state index in [9.17, 15) is 14.0 Å². The summed E-state index contributed by atoms with van der Waals surface area (Å²) in [7, 11) is 0. The lowest BCUT2D eigenvalue weighted by Crippen LogP contribution is -2.14. The van der Waals surface area contributed by atoms with Crippen LogP contribution in [-0.2, 0) is 4.74 Å². The van der Waals surface area contributed by atoms with Crippen LogP contribution in [0.2, 0.25) is 10.0 Å². The number of halogens is 3. The molecule has 23 heavy (non-hydrogen) atoms. The summed E-state index contributed by atoms with van der Waals surface area (Å²) >= 11 is 11.8. The second-order valence-corrected chi connectivity index (χ2v) is 5.44. The van der Waals surface area contributed by atoms with Crippen molar-refractivity contribution in [1.82, 2.24) is 0 Å². The predicted molar refractivity (Wildman–Crippen MR) is 83.7 cm³/mol. The largest absolute Gasteiger partial charge is 0.478 e. The van der Waals surface area contributed by atoms with Gasteiger partial charge in [-0.2, -0.15) is 0 Å². The van der Waals surface area contributed by atoms with E-state index in [1.807, 2.05) is 0 Å². The number of esters is 1. The van der Waals surface area contributed by atoms with E-state index in [4.69, 9.17) is 33.0 Å². The Morgan fingerprint density at radius 2 is 1.74 bits per heavy atom. The molecule has 0 fully saturated rings. The van der Waals surface area contributed by atoms with E-state index >= 15 is 0 Å². The summed E-state index contributed by atoms with van der Waals surface area (Å²) < 4.78 is 18.7. The summed E-state index contributed by atoms with van der Waals surface area (Å²) in [5.74, 6) is -2.82. The number of hydrogen-bond acceptors (Lipinski definition) is 3. The summed E-state index contributed by atoms with van der Waals surface area (Å²) in [4.78, 5) is 23.3. The van der Waals surface area contributed by atoms with Gasteiger partial charge >= 0.3 is 11.9 Å². The quantitative estimate of drug-likeness (QED) is 0.634. The molecule has 0 saturated carbocycles. The smallest absolute Gasteiger partial charge is 0.339 e. The third-order valence-electron chi connectivity index (χ3n) is 3.15. The van der Waals surface area contributed by atoms with Crippen molar-refractivity contribution in [2.45, 2.75) is 13.0 Å². The van der Waals surface area contributed by atoms with Crippen molar-refractivity contribution in [2.75, 3.05) is 0 Å². The van der Waals surface area contributed by atoms with Crippen molar-refractivity contribution < 1.29 is 23.8 Å². The molecule has 0 heterocycles. The highest BCUT2D eigenvalue weighted by Crippen LogP contribution is 2.34. The Labute approximate surface area is 141 Å². The van der Waals surface area contributed by atoms with Crippen molar-refractivity contribution in [1.29, 1.82) is 0 Å². The molecule has 0 bridgehead atoms. The van der Waals surface area contributed by atoms with Gasteiger partial charge in [-0.05, 0) is 31.2 Å². The molecule has 0 aliphatic heterocycles. The van der Waals surface area contributed by atoms with Gasteiger partial charge in [0.05, 0.1) is 16.1 Å². The van der Waals surface area contributed by atoms with Crippen LogP contribution in [0.25, 0.3) is 0 Å². The second kappa shape index (κ2) is 6.98. The molecule has 2 aromatic carbocycles. The van der Waals surface area contributed by atoms with Crippen molar-refractivity contribution in [3.63, 3.8) is 0 Å². The zero-order chi connectivity index (χ0) is 17.1. The molecule has 2 aromatic rings. The molecular weight excluding hydrogens is 346 g/mol. The van der Waals surface area contributed by atoms with Crippen LogP contribution in [0.5, 0.6) is 0 Å². The Kier molecular flexibility index (Phi) is 5.23.